The Labute approximate surface area is 144 Å². The Morgan fingerprint density at radius 1 is 1.21 bits per heavy atom. The van der Waals surface area contributed by atoms with Gasteiger partial charge in [-0.2, -0.15) is 0 Å². The number of rotatable bonds is 7. The second-order valence-corrected chi connectivity index (χ2v) is 8.67. The molecule has 0 aromatic heterocycles. The van der Waals surface area contributed by atoms with Crippen LogP contribution in [0.25, 0.3) is 0 Å². The number of benzene rings is 1. The number of nitrogens with one attached hydrogen (secondary N) is 1. The van der Waals surface area contributed by atoms with Crippen LogP contribution in [-0.2, 0) is 20.5 Å². The number of halogens is 1. The molecule has 0 aliphatic rings. The van der Waals surface area contributed by atoms with Crippen molar-refractivity contribution in [2.45, 2.75) is 57.9 Å². The highest BCUT2D eigenvalue weighted by molar-refractivity contribution is 7.84. The van der Waals surface area contributed by atoms with E-state index in [0.29, 0.717) is 0 Å². The molecule has 7 heteroatoms. The number of carbonyl (C=O) groups is 2. The van der Waals surface area contributed by atoms with Gasteiger partial charge in [0.15, 0.2) is 5.78 Å². The smallest absolute Gasteiger partial charge is 0.324 e. The lowest BCUT2D eigenvalue weighted by Crippen LogP contribution is -2.46. The molecule has 0 saturated carbocycles. The first-order chi connectivity index (χ1) is 11.0. The fourth-order valence-electron chi connectivity index (χ4n) is 1.73. The first kappa shape index (κ1) is 20.4. The van der Waals surface area contributed by atoms with E-state index in [1.54, 1.807) is 34.6 Å². The zero-order valence-corrected chi connectivity index (χ0v) is 15.4. The zero-order chi connectivity index (χ0) is 18.5. The summed E-state index contributed by atoms with van der Waals surface area (Å²) in [6.45, 7) is 8.64. The molecule has 5 nitrogen and oxygen atoms in total. The van der Waals surface area contributed by atoms with Gasteiger partial charge in [-0.05, 0) is 58.9 Å². The van der Waals surface area contributed by atoms with Crippen molar-refractivity contribution < 1.29 is 22.9 Å². The van der Waals surface area contributed by atoms with Crippen molar-refractivity contribution in [2.24, 2.45) is 0 Å². The van der Waals surface area contributed by atoms with E-state index in [1.165, 1.54) is 24.3 Å². The molecule has 0 heterocycles. The molecule has 24 heavy (non-hydrogen) atoms. The van der Waals surface area contributed by atoms with Crippen LogP contribution in [0, 0.1) is 5.82 Å². The molecule has 1 N–H and O–H groups in total. The maximum atomic E-state index is 12.9. The largest absolute Gasteiger partial charge is 0.462 e. The zero-order valence-electron chi connectivity index (χ0n) is 14.6. The molecular formula is C17H24FNO4S. The van der Waals surface area contributed by atoms with Crippen LogP contribution in [0.15, 0.2) is 24.3 Å². The van der Waals surface area contributed by atoms with Crippen LogP contribution in [0.4, 0.5) is 4.39 Å². The van der Waals surface area contributed by atoms with Crippen LogP contribution in [0.3, 0.4) is 0 Å². The molecule has 0 fully saturated rings. The van der Waals surface area contributed by atoms with Crippen molar-refractivity contribution in [1.82, 2.24) is 4.72 Å². The minimum atomic E-state index is -1.54. The molecule has 1 aromatic rings. The molecule has 0 unspecified atom stereocenters. The van der Waals surface area contributed by atoms with Crippen LogP contribution in [0.2, 0.25) is 0 Å². The van der Waals surface area contributed by atoms with Gasteiger partial charge in [0, 0.05) is 12.0 Å². The highest BCUT2D eigenvalue weighted by atomic mass is 32.2. The van der Waals surface area contributed by atoms with Gasteiger partial charge in [0.25, 0.3) is 0 Å². The van der Waals surface area contributed by atoms with Crippen LogP contribution in [0.5, 0.6) is 0 Å². The van der Waals surface area contributed by atoms with Gasteiger partial charge >= 0.3 is 5.97 Å². The Bertz CT molecular complexity index is 608. The molecule has 1 aromatic carbocycles. The molecule has 0 saturated heterocycles. The third-order valence-corrected chi connectivity index (χ3v) is 4.61. The molecule has 2 atom stereocenters. The lowest BCUT2D eigenvalue weighted by atomic mass is 10.0. The maximum Gasteiger partial charge on any atom is 0.324 e. The Morgan fingerprint density at radius 2 is 1.75 bits per heavy atom. The molecule has 1 rings (SSSR count). The fourth-order valence-corrected chi connectivity index (χ4v) is 2.52. The van der Waals surface area contributed by atoms with Gasteiger partial charge in [0.1, 0.15) is 11.9 Å². The van der Waals surface area contributed by atoms with Crippen molar-refractivity contribution >= 4 is 22.7 Å². The summed E-state index contributed by atoms with van der Waals surface area (Å²) in [5.41, 5.74) is 0.280. The number of carbonyl (C=O) groups excluding carboxylic acids is 2. The van der Waals surface area contributed by atoms with Gasteiger partial charge in [-0.3, -0.25) is 9.59 Å². The topological polar surface area (TPSA) is 72.5 Å². The second kappa shape index (κ2) is 8.48. The summed E-state index contributed by atoms with van der Waals surface area (Å²) in [6, 6.07) is 4.02. The number of ketones is 1. The Hall–Kier alpha value is -1.60. The predicted molar refractivity (Wildman–Crippen MR) is 91.4 cm³/mol. The van der Waals surface area contributed by atoms with Gasteiger partial charge in [0.05, 0.1) is 21.8 Å². The van der Waals surface area contributed by atoms with Crippen molar-refractivity contribution in [3.8, 4) is 0 Å². The van der Waals surface area contributed by atoms with Gasteiger partial charge in [-0.25, -0.2) is 13.3 Å². The monoisotopic (exact) mass is 357 g/mol. The Morgan fingerprint density at radius 3 is 2.21 bits per heavy atom. The van der Waals surface area contributed by atoms with Gasteiger partial charge in [0.2, 0.25) is 0 Å². The van der Waals surface area contributed by atoms with E-state index in [-0.39, 0.29) is 23.9 Å². The Balaban J connectivity index is 2.91. The first-order valence-corrected chi connectivity index (χ1v) is 8.83. The van der Waals surface area contributed by atoms with Crippen LogP contribution < -0.4 is 4.72 Å². The number of Topliss-reactive ketones (excluding diaryl/α,β-unsaturated/α-hetero) is 1. The summed E-state index contributed by atoms with van der Waals surface area (Å²) >= 11 is 0. The summed E-state index contributed by atoms with van der Waals surface area (Å²) in [5.74, 6) is -1.45. The Kier molecular flexibility index (Phi) is 7.23. The summed E-state index contributed by atoms with van der Waals surface area (Å²) in [6.07, 6.45) is -0.579. The third kappa shape index (κ3) is 6.49. The molecule has 0 amide bonds. The van der Waals surface area contributed by atoms with Crippen molar-refractivity contribution in [1.29, 1.82) is 0 Å². The molecule has 0 spiro atoms. The normalized spacial score (nSPS) is 14.3. The fraction of sp³-hybridized carbons (Fsp3) is 0.529. The summed E-state index contributed by atoms with van der Waals surface area (Å²) < 4.78 is 32.4. The summed E-state index contributed by atoms with van der Waals surface area (Å²) in [7, 11) is -1.54. The van der Waals surface area contributed by atoms with E-state index >= 15 is 0 Å². The van der Waals surface area contributed by atoms with E-state index in [4.69, 9.17) is 4.74 Å². The van der Waals surface area contributed by atoms with Gasteiger partial charge in [-0.1, -0.05) is 0 Å². The minimum Gasteiger partial charge on any atom is -0.462 e. The third-order valence-electron chi connectivity index (χ3n) is 3.00. The molecule has 0 radical (unpaired) electrons. The maximum absolute atomic E-state index is 12.9. The van der Waals surface area contributed by atoms with E-state index in [9.17, 15) is 18.2 Å². The molecular weight excluding hydrogens is 333 g/mol. The van der Waals surface area contributed by atoms with Crippen LogP contribution in [0.1, 0.15) is 51.4 Å². The van der Waals surface area contributed by atoms with E-state index < -0.39 is 33.6 Å². The molecule has 0 aliphatic heterocycles. The van der Waals surface area contributed by atoms with Crippen molar-refractivity contribution in [3.63, 3.8) is 0 Å². The van der Waals surface area contributed by atoms with Gasteiger partial charge in [-0.15, -0.1) is 0 Å². The number of hydrogen-bond acceptors (Lipinski definition) is 4. The van der Waals surface area contributed by atoms with Crippen LogP contribution >= 0.6 is 0 Å². The average Bonchev–Trinajstić information content (AvgIpc) is 2.45. The van der Waals surface area contributed by atoms with E-state index in [0.717, 1.165) is 0 Å². The highest BCUT2D eigenvalue weighted by Gasteiger charge is 2.30. The number of ether oxygens (including phenoxy) is 1. The second-order valence-electron chi connectivity index (χ2n) is 6.67. The predicted octanol–water partition coefficient (Wildman–Crippen LogP) is 2.77. The first-order valence-electron chi connectivity index (χ1n) is 7.68. The molecule has 0 aliphatic carbocycles. The highest BCUT2D eigenvalue weighted by Crippen LogP contribution is 2.14. The van der Waals surface area contributed by atoms with Crippen molar-refractivity contribution in [3.05, 3.63) is 35.6 Å². The summed E-state index contributed by atoms with van der Waals surface area (Å²) in [5, 5.41) is 0. The summed E-state index contributed by atoms with van der Waals surface area (Å²) in [4.78, 5) is 24.5. The standard InChI is InChI=1S/C17H24FNO4S/c1-11(2)23-16(21)14(19-24(22)17(3,4)5)10-15(20)12-6-8-13(18)9-7-12/h6-9,11,14,19H,10H2,1-5H3/t14-,24+/m1/s1. The van der Waals surface area contributed by atoms with Crippen molar-refractivity contribution in [2.75, 3.05) is 0 Å². The quantitative estimate of drug-likeness (QED) is 0.602. The van der Waals surface area contributed by atoms with Gasteiger partial charge < -0.3 is 4.74 Å². The average molecular weight is 357 g/mol. The lowest BCUT2D eigenvalue weighted by molar-refractivity contribution is -0.149. The van der Waals surface area contributed by atoms with E-state index in [2.05, 4.69) is 4.72 Å². The number of hydrogen-bond donors (Lipinski definition) is 1. The minimum absolute atomic E-state index is 0.223. The van der Waals surface area contributed by atoms with E-state index in [1.807, 2.05) is 0 Å². The molecule has 134 valence electrons. The SMILES string of the molecule is CC(C)OC(=O)[C@@H](CC(=O)c1ccc(F)cc1)N[S@@](=O)C(C)(C)C. The lowest BCUT2D eigenvalue weighted by Gasteiger charge is -2.23. The molecule has 0 bridgehead atoms. The number of esters is 1. The van der Waals surface area contributed by atoms with Crippen LogP contribution in [-0.4, -0.2) is 32.9 Å².